The van der Waals surface area contributed by atoms with Gasteiger partial charge in [0.15, 0.2) is 0 Å². The molecule has 0 saturated carbocycles. The summed E-state index contributed by atoms with van der Waals surface area (Å²) < 4.78 is 10.6. The number of halogens is 1. The van der Waals surface area contributed by atoms with E-state index in [2.05, 4.69) is 12.2 Å². The highest BCUT2D eigenvalue weighted by Gasteiger charge is 2.18. The van der Waals surface area contributed by atoms with Crippen molar-refractivity contribution in [3.05, 3.63) is 28.3 Å². The van der Waals surface area contributed by atoms with E-state index < -0.39 is 0 Å². The molecule has 1 atom stereocenters. The monoisotopic (exact) mass is 241 g/mol. The van der Waals surface area contributed by atoms with E-state index in [1.807, 2.05) is 12.1 Å². The minimum Gasteiger partial charge on any atom is -0.495 e. The zero-order valence-corrected chi connectivity index (χ0v) is 10.3. The molecule has 3 nitrogen and oxygen atoms in total. The second kappa shape index (κ2) is 5.04. The normalized spacial score (nSPS) is 20.8. The molecule has 0 radical (unpaired) electrons. The molecule has 0 spiro atoms. The van der Waals surface area contributed by atoms with Gasteiger partial charge in [-0.3, -0.25) is 0 Å². The SMILES string of the molecule is COc1cc(C)c(C2COCCN2)cc1Cl. The van der Waals surface area contributed by atoms with Gasteiger partial charge in [0.1, 0.15) is 5.75 Å². The fourth-order valence-electron chi connectivity index (χ4n) is 1.97. The van der Waals surface area contributed by atoms with Gasteiger partial charge in [-0.25, -0.2) is 0 Å². The zero-order chi connectivity index (χ0) is 11.5. The zero-order valence-electron chi connectivity index (χ0n) is 9.55. The quantitative estimate of drug-likeness (QED) is 0.862. The summed E-state index contributed by atoms with van der Waals surface area (Å²) in [7, 11) is 1.63. The number of hydrogen-bond acceptors (Lipinski definition) is 3. The van der Waals surface area contributed by atoms with E-state index >= 15 is 0 Å². The summed E-state index contributed by atoms with van der Waals surface area (Å²) in [6.45, 7) is 4.42. The van der Waals surface area contributed by atoms with Crippen molar-refractivity contribution in [1.29, 1.82) is 0 Å². The van der Waals surface area contributed by atoms with E-state index in [0.717, 1.165) is 18.9 Å². The van der Waals surface area contributed by atoms with Crippen LogP contribution in [0.4, 0.5) is 0 Å². The molecule has 16 heavy (non-hydrogen) atoms. The van der Waals surface area contributed by atoms with Gasteiger partial charge < -0.3 is 14.8 Å². The van der Waals surface area contributed by atoms with Gasteiger partial charge in [0.05, 0.1) is 31.4 Å². The van der Waals surface area contributed by atoms with Crippen LogP contribution in [0.25, 0.3) is 0 Å². The first kappa shape index (κ1) is 11.7. The Morgan fingerprint density at radius 2 is 2.31 bits per heavy atom. The summed E-state index contributed by atoms with van der Waals surface area (Å²) in [4.78, 5) is 0. The third-order valence-corrected chi connectivity index (χ3v) is 3.13. The van der Waals surface area contributed by atoms with Crippen LogP contribution in [-0.4, -0.2) is 26.9 Å². The van der Waals surface area contributed by atoms with Crippen molar-refractivity contribution >= 4 is 11.6 Å². The predicted molar refractivity (Wildman–Crippen MR) is 64.3 cm³/mol. The van der Waals surface area contributed by atoms with Gasteiger partial charge in [-0.1, -0.05) is 11.6 Å². The number of hydrogen-bond donors (Lipinski definition) is 1. The Labute approximate surface area is 101 Å². The largest absolute Gasteiger partial charge is 0.495 e. The van der Waals surface area contributed by atoms with Gasteiger partial charge in [-0.15, -0.1) is 0 Å². The first-order valence-electron chi connectivity index (χ1n) is 5.37. The van der Waals surface area contributed by atoms with Crippen molar-refractivity contribution in [2.24, 2.45) is 0 Å². The van der Waals surface area contributed by atoms with E-state index in [0.29, 0.717) is 11.6 Å². The van der Waals surface area contributed by atoms with Crippen molar-refractivity contribution in [1.82, 2.24) is 5.32 Å². The number of methoxy groups -OCH3 is 1. The Morgan fingerprint density at radius 1 is 1.50 bits per heavy atom. The lowest BCUT2D eigenvalue weighted by Crippen LogP contribution is -2.34. The highest BCUT2D eigenvalue weighted by molar-refractivity contribution is 6.32. The Bertz CT molecular complexity index is 376. The summed E-state index contributed by atoms with van der Waals surface area (Å²) >= 11 is 6.13. The summed E-state index contributed by atoms with van der Waals surface area (Å²) in [6.07, 6.45) is 0. The van der Waals surface area contributed by atoms with Crippen LogP contribution >= 0.6 is 11.6 Å². The fraction of sp³-hybridized carbons (Fsp3) is 0.500. The van der Waals surface area contributed by atoms with E-state index in [1.54, 1.807) is 7.11 Å². The average Bonchev–Trinajstić information content (AvgIpc) is 2.32. The van der Waals surface area contributed by atoms with Gasteiger partial charge in [0.25, 0.3) is 0 Å². The summed E-state index contributed by atoms with van der Waals surface area (Å²) in [5.74, 6) is 0.722. The molecule has 1 aliphatic heterocycles. The van der Waals surface area contributed by atoms with Crippen LogP contribution < -0.4 is 10.1 Å². The number of nitrogens with one attached hydrogen (secondary N) is 1. The molecule has 1 heterocycles. The van der Waals surface area contributed by atoms with E-state index in [9.17, 15) is 0 Å². The van der Waals surface area contributed by atoms with Gasteiger partial charge >= 0.3 is 0 Å². The molecule has 1 aliphatic rings. The second-order valence-corrected chi connectivity index (χ2v) is 4.33. The van der Waals surface area contributed by atoms with Crippen LogP contribution in [0, 0.1) is 6.92 Å². The molecular formula is C12H16ClNO2. The molecule has 1 aromatic carbocycles. The van der Waals surface area contributed by atoms with Crippen LogP contribution in [0.1, 0.15) is 17.2 Å². The smallest absolute Gasteiger partial charge is 0.137 e. The lowest BCUT2D eigenvalue weighted by Gasteiger charge is -2.26. The Hall–Kier alpha value is -0.770. The fourth-order valence-corrected chi connectivity index (χ4v) is 2.22. The number of morpholine rings is 1. The van der Waals surface area contributed by atoms with Crippen LogP contribution in [-0.2, 0) is 4.74 Å². The molecule has 1 aromatic rings. The van der Waals surface area contributed by atoms with E-state index in [4.69, 9.17) is 21.1 Å². The summed E-state index contributed by atoms with van der Waals surface area (Å²) in [6, 6.07) is 4.16. The highest BCUT2D eigenvalue weighted by atomic mass is 35.5. The molecule has 0 bridgehead atoms. The van der Waals surface area contributed by atoms with Crippen molar-refractivity contribution in [3.63, 3.8) is 0 Å². The molecule has 1 unspecified atom stereocenters. The van der Waals surface area contributed by atoms with Gasteiger partial charge in [-0.2, -0.15) is 0 Å². The lowest BCUT2D eigenvalue weighted by molar-refractivity contribution is 0.0767. The van der Waals surface area contributed by atoms with Crippen LogP contribution in [0.5, 0.6) is 5.75 Å². The third-order valence-electron chi connectivity index (χ3n) is 2.84. The van der Waals surface area contributed by atoms with Crippen molar-refractivity contribution in [3.8, 4) is 5.75 Å². The topological polar surface area (TPSA) is 30.5 Å². The van der Waals surface area contributed by atoms with E-state index in [-0.39, 0.29) is 6.04 Å². The standard InChI is InChI=1S/C12H16ClNO2/c1-8-5-12(15-2)10(13)6-9(8)11-7-16-4-3-14-11/h5-6,11,14H,3-4,7H2,1-2H3. The van der Waals surface area contributed by atoms with Crippen molar-refractivity contribution < 1.29 is 9.47 Å². The molecule has 1 saturated heterocycles. The average molecular weight is 242 g/mol. The minimum atomic E-state index is 0.233. The molecule has 1 N–H and O–H groups in total. The van der Waals surface area contributed by atoms with E-state index in [1.165, 1.54) is 11.1 Å². The molecule has 2 rings (SSSR count). The van der Waals surface area contributed by atoms with Gasteiger partial charge in [0, 0.05) is 6.54 Å². The maximum atomic E-state index is 6.13. The van der Waals surface area contributed by atoms with Crippen LogP contribution in [0.3, 0.4) is 0 Å². The maximum Gasteiger partial charge on any atom is 0.137 e. The molecule has 88 valence electrons. The Balaban J connectivity index is 2.29. The molecule has 0 amide bonds. The Kier molecular flexibility index (Phi) is 3.69. The third kappa shape index (κ3) is 2.32. The molecule has 0 aliphatic carbocycles. The molecule has 0 aromatic heterocycles. The number of rotatable bonds is 2. The highest BCUT2D eigenvalue weighted by Crippen LogP contribution is 2.31. The first-order valence-corrected chi connectivity index (χ1v) is 5.75. The predicted octanol–water partition coefficient (Wildman–Crippen LogP) is 2.32. The second-order valence-electron chi connectivity index (χ2n) is 3.92. The van der Waals surface area contributed by atoms with Crippen LogP contribution in [0.2, 0.25) is 5.02 Å². The molecule has 1 fully saturated rings. The number of benzene rings is 1. The number of aryl methyl sites for hydroxylation is 1. The Morgan fingerprint density at radius 3 is 2.94 bits per heavy atom. The first-order chi connectivity index (χ1) is 7.72. The lowest BCUT2D eigenvalue weighted by atomic mass is 10.0. The molecule has 4 heteroatoms. The van der Waals surface area contributed by atoms with Crippen LogP contribution in [0.15, 0.2) is 12.1 Å². The summed E-state index contributed by atoms with van der Waals surface area (Å²) in [5.41, 5.74) is 2.36. The summed E-state index contributed by atoms with van der Waals surface area (Å²) in [5, 5.41) is 4.07. The molecular weight excluding hydrogens is 226 g/mol. The van der Waals surface area contributed by atoms with Gasteiger partial charge in [0.2, 0.25) is 0 Å². The van der Waals surface area contributed by atoms with Crippen molar-refractivity contribution in [2.75, 3.05) is 26.9 Å². The van der Waals surface area contributed by atoms with Gasteiger partial charge in [-0.05, 0) is 30.2 Å². The maximum absolute atomic E-state index is 6.13. The van der Waals surface area contributed by atoms with Crippen molar-refractivity contribution in [2.45, 2.75) is 13.0 Å². The minimum absolute atomic E-state index is 0.233. The number of ether oxygens (including phenoxy) is 2.